The largest absolute Gasteiger partial charge is 0.508 e. The highest BCUT2D eigenvalue weighted by Gasteiger charge is 2.02. The molecule has 0 unspecified atom stereocenters. The zero-order valence-corrected chi connectivity index (χ0v) is 14.6. The number of allylic oxidation sites excluding steroid dienone is 2. The summed E-state index contributed by atoms with van der Waals surface area (Å²) in [6, 6.07) is 4.92. The van der Waals surface area contributed by atoms with Crippen molar-refractivity contribution in [2.75, 3.05) is 6.61 Å². The lowest BCUT2D eigenvalue weighted by Gasteiger charge is -2.06. The number of aliphatic hydroxyl groups excluding tert-OH is 1. The minimum Gasteiger partial charge on any atom is -0.508 e. The average Bonchev–Trinajstić information content (AvgIpc) is 2.55. The third-order valence-electron chi connectivity index (χ3n) is 3.57. The predicted octanol–water partition coefficient (Wildman–Crippen LogP) is 5.18. The van der Waals surface area contributed by atoms with Crippen molar-refractivity contribution in [3.05, 3.63) is 41.7 Å². The van der Waals surface area contributed by atoms with Crippen molar-refractivity contribution in [3.63, 3.8) is 0 Å². The summed E-state index contributed by atoms with van der Waals surface area (Å²) in [5.41, 5.74) is 0.767. The molecule has 1 rings (SSSR count). The molecule has 0 bridgehead atoms. The van der Waals surface area contributed by atoms with Gasteiger partial charge in [0.25, 0.3) is 0 Å². The molecule has 0 radical (unpaired) electrons. The summed E-state index contributed by atoms with van der Waals surface area (Å²) in [6.45, 7) is 4.45. The topological polar surface area (TPSA) is 66.8 Å². The zero-order valence-electron chi connectivity index (χ0n) is 14.6. The van der Waals surface area contributed by atoms with Crippen LogP contribution in [0.2, 0.25) is 0 Å². The first-order chi connectivity index (χ1) is 11.6. The molecule has 0 fully saturated rings. The van der Waals surface area contributed by atoms with Crippen molar-refractivity contribution in [1.29, 1.82) is 0 Å². The number of hydrogen-bond donors (Lipinski definition) is 2. The van der Waals surface area contributed by atoms with Gasteiger partial charge >= 0.3 is 0 Å². The van der Waals surface area contributed by atoms with Gasteiger partial charge < -0.3 is 14.9 Å². The van der Waals surface area contributed by atoms with E-state index in [2.05, 4.69) is 6.92 Å². The van der Waals surface area contributed by atoms with Crippen LogP contribution in [0.1, 0.15) is 57.9 Å². The van der Waals surface area contributed by atoms with E-state index in [9.17, 15) is 15.0 Å². The van der Waals surface area contributed by atoms with Crippen LogP contribution in [0.3, 0.4) is 0 Å². The Morgan fingerprint density at radius 3 is 2.62 bits per heavy atom. The van der Waals surface area contributed by atoms with Crippen molar-refractivity contribution >= 4 is 11.9 Å². The van der Waals surface area contributed by atoms with E-state index in [-0.39, 0.29) is 17.3 Å². The van der Waals surface area contributed by atoms with Crippen LogP contribution in [0.25, 0.3) is 6.08 Å². The van der Waals surface area contributed by atoms with Gasteiger partial charge in [0.1, 0.15) is 5.76 Å². The molecule has 0 saturated carbocycles. The standard InChI is InChI=1S/C20H28O4/c1-3-5-6-7-8-9-17(21)15-18(22)12-10-16-11-13-19(23)20(14-16)24-4-2/h10-15,22-23H,3-9H2,1-2H3. The molecule has 0 aliphatic rings. The van der Waals surface area contributed by atoms with Crippen LogP contribution in [-0.4, -0.2) is 22.6 Å². The lowest BCUT2D eigenvalue weighted by atomic mass is 10.1. The molecule has 0 aromatic heterocycles. The normalized spacial score (nSPS) is 11.8. The number of phenolic OH excluding ortho intramolecular Hbond substituents is 1. The molecular weight excluding hydrogens is 304 g/mol. The number of ketones is 1. The predicted molar refractivity (Wildman–Crippen MR) is 97.4 cm³/mol. The van der Waals surface area contributed by atoms with E-state index in [4.69, 9.17) is 4.74 Å². The smallest absolute Gasteiger partial charge is 0.161 e. The van der Waals surface area contributed by atoms with Crippen LogP contribution in [0, 0.1) is 0 Å². The van der Waals surface area contributed by atoms with Gasteiger partial charge in [-0.25, -0.2) is 0 Å². The van der Waals surface area contributed by atoms with E-state index < -0.39 is 0 Å². The second-order valence-electron chi connectivity index (χ2n) is 5.69. The highest BCUT2D eigenvalue weighted by atomic mass is 16.5. The van der Waals surface area contributed by atoms with Gasteiger partial charge in [0.2, 0.25) is 0 Å². The number of aliphatic hydroxyl groups is 1. The Labute approximate surface area is 144 Å². The SMILES string of the molecule is CCCCCCCC(=O)C=C(O)C=Cc1ccc(O)c(OCC)c1. The average molecular weight is 332 g/mol. The fraction of sp³-hybridized carbons (Fsp3) is 0.450. The van der Waals surface area contributed by atoms with E-state index in [0.717, 1.165) is 24.8 Å². The second kappa shape index (κ2) is 11.3. The van der Waals surface area contributed by atoms with Gasteiger partial charge in [-0.05, 0) is 37.1 Å². The molecule has 2 N–H and O–H groups in total. The number of benzene rings is 1. The van der Waals surface area contributed by atoms with Crippen molar-refractivity contribution in [3.8, 4) is 11.5 Å². The zero-order chi connectivity index (χ0) is 17.8. The summed E-state index contributed by atoms with van der Waals surface area (Å²) < 4.78 is 5.31. The van der Waals surface area contributed by atoms with E-state index in [1.54, 1.807) is 18.2 Å². The Morgan fingerprint density at radius 2 is 1.92 bits per heavy atom. The summed E-state index contributed by atoms with van der Waals surface area (Å²) >= 11 is 0. The van der Waals surface area contributed by atoms with Gasteiger partial charge in [-0.2, -0.15) is 0 Å². The molecule has 132 valence electrons. The lowest BCUT2D eigenvalue weighted by Crippen LogP contribution is -1.94. The Bertz CT molecular complexity index is 573. The second-order valence-corrected chi connectivity index (χ2v) is 5.69. The van der Waals surface area contributed by atoms with Gasteiger partial charge in [-0.15, -0.1) is 0 Å². The van der Waals surface area contributed by atoms with E-state index in [0.29, 0.717) is 18.8 Å². The minimum absolute atomic E-state index is 0.0608. The van der Waals surface area contributed by atoms with Gasteiger partial charge in [0.15, 0.2) is 17.3 Å². The number of ether oxygens (including phenoxy) is 1. The molecule has 0 heterocycles. The van der Waals surface area contributed by atoms with Crippen molar-refractivity contribution in [1.82, 2.24) is 0 Å². The Balaban J connectivity index is 2.53. The molecule has 4 heteroatoms. The monoisotopic (exact) mass is 332 g/mol. The molecule has 0 aliphatic heterocycles. The summed E-state index contributed by atoms with van der Waals surface area (Å²) in [5.74, 6) is 0.340. The third kappa shape index (κ3) is 7.86. The number of unbranched alkanes of at least 4 members (excludes halogenated alkanes) is 4. The number of carbonyl (C=O) groups is 1. The van der Waals surface area contributed by atoms with Crippen LogP contribution >= 0.6 is 0 Å². The molecule has 0 spiro atoms. The van der Waals surface area contributed by atoms with Gasteiger partial charge in [-0.1, -0.05) is 44.7 Å². The minimum atomic E-state index is -0.0698. The molecule has 0 aliphatic carbocycles. The first kappa shape index (κ1) is 19.8. The molecule has 1 aromatic carbocycles. The van der Waals surface area contributed by atoms with E-state index in [1.165, 1.54) is 31.1 Å². The number of hydrogen-bond acceptors (Lipinski definition) is 4. The van der Waals surface area contributed by atoms with E-state index >= 15 is 0 Å². The first-order valence-corrected chi connectivity index (χ1v) is 8.64. The molecule has 0 atom stereocenters. The number of phenols is 1. The van der Waals surface area contributed by atoms with E-state index in [1.807, 2.05) is 6.92 Å². The van der Waals surface area contributed by atoms with Gasteiger partial charge in [0, 0.05) is 12.5 Å². The molecule has 4 nitrogen and oxygen atoms in total. The fourth-order valence-electron chi connectivity index (χ4n) is 2.28. The fourth-order valence-corrected chi connectivity index (χ4v) is 2.28. The first-order valence-electron chi connectivity index (χ1n) is 8.64. The van der Waals surface area contributed by atoms with Gasteiger partial charge in [-0.3, -0.25) is 4.79 Å². The van der Waals surface area contributed by atoms with Crippen LogP contribution < -0.4 is 4.74 Å². The summed E-state index contributed by atoms with van der Waals surface area (Å²) in [6.07, 6.45) is 10.3. The van der Waals surface area contributed by atoms with Crippen molar-refractivity contribution in [2.45, 2.75) is 52.4 Å². The molecule has 0 saturated heterocycles. The van der Waals surface area contributed by atoms with Crippen LogP contribution in [0.5, 0.6) is 11.5 Å². The third-order valence-corrected chi connectivity index (χ3v) is 3.57. The van der Waals surface area contributed by atoms with Crippen LogP contribution in [0.15, 0.2) is 36.1 Å². The molecule has 0 amide bonds. The van der Waals surface area contributed by atoms with Crippen molar-refractivity contribution in [2.24, 2.45) is 0 Å². The van der Waals surface area contributed by atoms with Crippen LogP contribution in [0.4, 0.5) is 0 Å². The quantitative estimate of drug-likeness (QED) is 0.254. The lowest BCUT2D eigenvalue weighted by molar-refractivity contribution is -0.114. The Hall–Kier alpha value is -2.23. The maximum atomic E-state index is 11.8. The molecule has 1 aromatic rings. The number of rotatable bonds is 11. The van der Waals surface area contributed by atoms with Crippen molar-refractivity contribution < 1.29 is 19.7 Å². The maximum Gasteiger partial charge on any atom is 0.161 e. The maximum absolute atomic E-state index is 11.8. The highest BCUT2D eigenvalue weighted by Crippen LogP contribution is 2.27. The van der Waals surface area contributed by atoms with Gasteiger partial charge in [0.05, 0.1) is 6.61 Å². The molecular formula is C20H28O4. The Morgan fingerprint density at radius 1 is 1.17 bits per heavy atom. The summed E-state index contributed by atoms with van der Waals surface area (Å²) in [7, 11) is 0. The highest BCUT2D eigenvalue weighted by molar-refractivity contribution is 5.90. The number of aromatic hydroxyl groups is 1. The summed E-state index contributed by atoms with van der Waals surface area (Å²) in [5, 5.41) is 19.5. The summed E-state index contributed by atoms with van der Waals surface area (Å²) in [4.78, 5) is 11.8. The Kier molecular flexibility index (Phi) is 9.35. The van der Waals surface area contributed by atoms with Crippen LogP contribution in [-0.2, 0) is 4.79 Å². The number of carbonyl (C=O) groups excluding carboxylic acids is 1. The molecule has 24 heavy (non-hydrogen) atoms.